The topological polar surface area (TPSA) is 37.8 Å². The van der Waals surface area contributed by atoms with Gasteiger partial charge in [0.05, 0.1) is 6.04 Å². The second kappa shape index (κ2) is 5.49. The molecule has 0 spiro atoms. The molecule has 1 aliphatic heterocycles. The lowest BCUT2D eigenvalue weighted by Gasteiger charge is -2.22. The van der Waals surface area contributed by atoms with Gasteiger partial charge in [-0.05, 0) is 37.4 Å². The number of nitrogens with one attached hydrogen (secondary N) is 1. The van der Waals surface area contributed by atoms with Crippen molar-refractivity contribution in [1.82, 2.24) is 15.3 Å². The molecule has 19 heavy (non-hydrogen) atoms. The molecule has 0 radical (unpaired) electrons. The molecule has 1 aliphatic rings. The number of hydrogen-bond acceptors (Lipinski definition) is 3. The molecule has 0 bridgehead atoms. The van der Waals surface area contributed by atoms with Gasteiger partial charge < -0.3 is 5.32 Å². The monoisotopic (exact) mass is 253 g/mol. The minimum absolute atomic E-state index is 0.333. The summed E-state index contributed by atoms with van der Waals surface area (Å²) >= 11 is 0. The van der Waals surface area contributed by atoms with E-state index >= 15 is 0 Å². The molecule has 3 nitrogen and oxygen atoms in total. The van der Waals surface area contributed by atoms with Crippen molar-refractivity contribution in [1.29, 1.82) is 0 Å². The van der Waals surface area contributed by atoms with Gasteiger partial charge in [-0.1, -0.05) is 30.7 Å². The Hall–Kier alpha value is -1.74. The maximum atomic E-state index is 4.55. The molecular formula is C16H19N3. The fourth-order valence-corrected chi connectivity index (χ4v) is 2.63. The molecule has 2 heterocycles. The van der Waals surface area contributed by atoms with E-state index in [9.17, 15) is 0 Å². The van der Waals surface area contributed by atoms with Crippen LogP contribution in [0.15, 0.2) is 36.7 Å². The van der Waals surface area contributed by atoms with Gasteiger partial charge in [-0.15, -0.1) is 0 Å². The highest BCUT2D eigenvalue weighted by Crippen LogP contribution is 2.24. The van der Waals surface area contributed by atoms with E-state index in [1.807, 2.05) is 12.4 Å². The minimum atomic E-state index is 0.333. The van der Waals surface area contributed by atoms with Crippen LogP contribution in [0.2, 0.25) is 0 Å². The average molecular weight is 253 g/mol. The van der Waals surface area contributed by atoms with Crippen LogP contribution in [0.1, 0.15) is 36.7 Å². The molecule has 3 rings (SSSR count). The molecule has 0 aliphatic carbocycles. The predicted octanol–water partition coefficient (Wildman–Crippen LogP) is 3.27. The highest BCUT2D eigenvalue weighted by molar-refractivity contribution is 5.65. The van der Waals surface area contributed by atoms with E-state index in [1.54, 1.807) is 0 Å². The summed E-state index contributed by atoms with van der Waals surface area (Å²) in [6.07, 6.45) is 7.56. The smallest absolute Gasteiger partial charge is 0.145 e. The molecule has 1 atom stereocenters. The van der Waals surface area contributed by atoms with Crippen LogP contribution < -0.4 is 5.32 Å². The lowest BCUT2D eigenvalue weighted by Crippen LogP contribution is -2.28. The summed E-state index contributed by atoms with van der Waals surface area (Å²) in [6.45, 7) is 3.19. The zero-order valence-electron chi connectivity index (χ0n) is 11.3. The van der Waals surface area contributed by atoms with E-state index in [2.05, 4.69) is 46.5 Å². The quantitative estimate of drug-likeness (QED) is 0.892. The highest BCUT2D eigenvalue weighted by atomic mass is 15.0. The zero-order valence-corrected chi connectivity index (χ0v) is 11.3. The van der Waals surface area contributed by atoms with Gasteiger partial charge in [-0.3, -0.25) is 0 Å². The molecule has 0 saturated carbocycles. The molecule has 98 valence electrons. The zero-order chi connectivity index (χ0) is 13.1. The third kappa shape index (κ3) is 2.66. The molecule has 1 unspecified atom stereocenters. The fraction of sp³-hybridized carbons (Fsp3) is 0.375. The van der Waals surface area contributed by atoms with Gasteiger partial charge in [0, 0.05) is 18.0 Å². The lowest BCUT2D eigenvalue weighted by molar-refractivity contribution is 0.397. The molecule has 0 amide bonds. The Kier molecular flexibility index (Phi) is 3.56. The second-order valence-corrected chi connectivity index (χ2v) is 5.15. The summed E-state index contributed by atoms with van der Waals surface area (Å²) in [7, 11) is 0. The Morgan fingerprint density at radius 2 is 1.89 bits per heavy atom. The Morgan fingerprint density at radius 1 is 1.11 bits per heavy atom. The number of hydrogen-bond donors (Lipinski definition) is 1. The predicted molar refractivity (Wildman–Crippen MR) is 76.8 cm³/mol. The van der Waals surface area contributed by atoms with E-state index in [0.29, 0.717) is 6.04 Å². The van der Waals surface area contributed by atoms with E-state index in [0.717, 1.165) is 24.4 Å². The summed E-state index contributed by atoms with van der Waals surface area (Å²) in [5.74, 6) is 0.928. The van der Waals surface area contributed by atoms with Gasteiger partial charge in [0.1, 0.15) is 5.82 Å². The third-order valence-corrected chi connectivity index (χ3v) is 3.75. The first kappa shape index (κ1) is 12.3. The Labute approximate surface area is 114 Å². The Morgan fingerprint density at radius 3 is 2.58 bits per heavy atom. The first-order valence-corrected chi connectivity index (χ1v) is 6.96. The summed E-state index contributed by atoms with van der Waals surface area (Å²) in [4.78, 5) is 9.09. The summed E-state index contributed by atoms with van der Waals surface area (Å²) in [5, 5.41) is 3.48. The first-order valence-electron chi connectivity index (χ1n) is 6.96. The number of rotatable bonds is 2. The Balaban J connectivity index is 1.84. The number of aromatic nitrogens is 2. The van der Waals surface area contributed by atoms with Gasteiger partial charge in [-0.25, -0.2) is 9.97 Å². The average Bonchev–Trinajstić information content (AvgIpc) is 2.49. The van der Waals surface area contributed by atoms with Crippen molar-refractivity contribution in [2.24, 2.45) is 0 Å². The van der Waals surface area contributed by atoms with Crippen molar-refractivity contribution >= 4 is 0 Å². The van der Waals surface area contributed by atoms with Crippen LogP contribution in [0.4, 0.5) is 0 Å². The van der Waals surface area contributed by atoms with Crippen molar-refractivity contribution in [3.63, 3.8) is 0 Å². The number of aryl methyl sites for hydroxylation is 1. The van der Waals surface area contributed by atoms with E-state index in [-0.39, 0.29) is 0 Å². The van der Waals surface area contributed by atoms with Crippen molar-refractivity contribution in [3.8, 4) is 11.1 Å². The minimum Gasteiger partial charge on any atom is -0.307 e. The maximum absolute atomic E-state index is 4.55. The van der Waals surface area contributed by atoms with Crippen LogP contribution >= 0.6 is 0 Å². The molecule has 1 aromatic carbocycles. The fourth-order valence-electron chi connectivity index (χ4n) is 2.63. The number of nitrogens with zero attached hydrogens (tertiary/aromatic N) is 2. The second-order valence-electron chi connectivity index (χ2n) is 5.15. The maximum Gasteiger partial charge on any atom is 0.145 e. The molecule has 1 fully saturated rings. The van der Waals surface area contributed by atoms with Crippen LogP contribution in [0.5, 0.6) is 0 Å². The third-order valence-electron chi connectivity index (χ3n) is 3.75. The molecule has 1 aromatic heterocycles. The SMILES string of the molecule is Cc1ccccc1-c1cnc(C2CCCCN2)nc1. The molecule has 3 heteroatoms. The van der Waals surface area contributed by atoms with Crippen LogP contribution in [-0.2, 0) is 0 Å². The standard InChI is InChI=1S/C16H19N3/c1-12-6-2-3-7-14(12)13-10-18-16(19-11-13)15-8-4-5-9-17-15/h2-3,6-7,10-11,15,17H,4-5,8-9H2,1H3. The summed E-state index contributed by atoms with van der Waals surface area (Å²) in [6, 6.07) is 8.68. The van der Waals surface area contributed by atoms with Crippen molar-refractivity contribution in [2.45, 2.75) is 32.2 Å². The molecular weight excluding hydrogens is 234 g/mol. The number of benzene rings is 1. The van der Waals surface area contributed by atoms with Crippen LogP contribution in [0, 0.1) is 6.92 Å². The highest BCUT2D eigenvalue weighted by Gasteiger charge is 2.17. The summed E-state index contributed by atoms with van der Waals surface area (Å²) < 4.78 is 0. The molecule has 1 saturated heterocycles. The van der Waals surface area contributed by atoms with Gasteiger partial charge >= 0.3 is 0 Å². The van der Waals surface area contributed by atoms with Gasteiger partial charge in [-0.2, -0.15) is 0 Å². The van der Waals surface area contributed by atoms with E-state index in [4.69, 9.17) is 0 Å². The molecule has 2 aromatic rings. The van der Waals surface area contributed by atoms with Crippen molar-refractivity contribution in [2.75, 3.05) is 6.54 Å². The summed E-state index contributed by atoms with van der Waals surface area (Å²) in [5.41, 5.74) is 3.57. The largest absolute Gasteiger partial charge is 0.307 e. The van der Waals surface area contributed by atoms with E-state index < -0.39 is 0 Å². The van der Waals surface area contributed by atoms with Gasteiger partial charge in [0.2, 0.25) is 0 Å². The normalized spacial score (nSPS) is 19.3. The van der Waals surface area contributed by atoms with Crippen LogP contribution in [-0.4, -0.2) is 16.5 Å². The number of piperidine rings is 1. The van der Waals surface area contributed by atoms with Crippen LogP contribution in [0.3, 0.4) is 0 Å². The first-order chi connectivity index (χ1) is 9.34. The van der Waals surface area contributed by atoms with Crippen LogP contribution in [0.25, 0.3) is 11.1 Å². The Bertz CT molecular complexity index is 542. The van der Waals surface area contributed by atoms with E-state index in [1.165, 1.54) is 24.0 Å². The van der Waals surface area contributed by atoms with Crippen molar-refractivity contribution in [3.05, 3.63) is 48.0 Å². The lowest BCUT2D eigenvalue weighted by atomic mass is 10.0. The molecule has 1 N–H and O–H groups in total. The van der Waals surface area contributed by atoms with Gasteiger partial charge in [0.25, 0.3) is 0 Å². The van der Waals surface area contributed by atoms with Crippen molar-refractivity contribution < 1.29 is 0 Å². The van der Waals surface area contributed by atoms with Gasteiger partial charge in [0.15, 0.2) is 0 Å².